The zero-order valence-electron chi connectivity index (χ0n) is 10.0. The van der Waals surface area contributed by atoms with E-state index in [-0.39, 0.29) is 5.02 Å². The SMILES string of the molecule is CC1CN=C(NCCOc2ccc(Cl)c(F)c2)N1. The van der Waals surface area contributed by atoms with Gasteiger partial charge in [-0.05, 0) is 19.1 Å². The molecule has 1 atom stereocenters. The number of guanidine groups is 1. The van der Waals surface area contributed by atoms with Crippen LogP contribution in [0.5, 0.6) is 5.75 Å². The highest BCUT2D eigenvalue weighted by Crippen LogP contribution is 2.20. The average Bonchev–Trinajstić information content (AvgIpc) is 2.75. The van der Waals surface area contributed by atoms with Gasteiger partial charge in [-0.15, -0.1) is 0 Å². The zero-order chi connectivity index (χ0) is 13.0. The minimum absolute atomic E-state index is 0.0963. The Morgan fingerprint density at radius 2 is 2.44 bits per heavy atom. The van der Waals surface area contributed by atoms with Crippen LogP contribution in [0.2, 0.25) is 5.02 Å². The number of halogens is 2. The van der Waals surface area contributed by atoms with Crippen LogP contribution < -0.4 is 15.4 Å². The number of nitrogens with zero attached hydrogens (tertiary/aromatic N) is 1. The average molecular weight is 272 g/mol. The Balaban J connectivity index is 1.70. The lowest BCUT2D eigenvalue weighted by Gasteiger charge is -2.10. The Morgan fingerprint density at radius 1 is 1.61 bits per heavy atom. The van der Waals surface area contributed by atoms with Gasteiger partial charge >= 0.3 is 0 Å². The molecule has 1 aliphatic rings. The van der Waals surface area contributed by atoms with Gasteiger partial charge in [-0.1, -0.05) is 11.6 Å². The van der Waals surface area contributed by atoms with E-state index in [0.29, 0.717) is 24.9 Å². The standard InChI is InChI=1S/C12H15ClFN3O/c1-8-7-16-12(17-8)15-4-5-18-9-2-3-10(13)11(14)6-9/h2-3,6,8H,4-5,7H2,1H3,(H2,15,16,17). The second-order valence-corrected chi connectivity index (χ2v) is 4.49. The molecule has 6 heteroatoms. The third-order valence-electron chi connectivity index (χ3n) is 2.46. The van der Waals surface area contributed by atoms with E-state index in [1.54, 1.807) is 6.07 Å². The van der Waals surface area contributed by atoms with E-state index in [9.17, 15) is 4.39 Å². The number of ether oxygens (including phenoxy) is 1. The van der Waals surface area contributed by atoms with Gasteiger partial charge in [-0.2, -0.15) is 0 Å². The lowest BCUT2D eigenvalue weighted by atomic mass is 10.3. The summed E-state index contributed by atoms with van der Waals surface area (Å²) in [6, 6.07) is 4.76. The van der Waals surface area contributed by atoms with Gasteiger partial charge in [0.05, 0.1) is 18.1 Å². The van der Waals surface area contributed by atoms with Crippen LogP contribution in [0.3, 0.4) is 0 Å². The third-order valence-corrected chi connectivity index (χ3v) is 2.77. The fourth-order valence-corrected chi connectivity index (χ4v) is 1.68. The van der Waals surface area contributed by atoms with Crippen LogP contribution in [0.1, 0.15) is 6.92 Å². The highest BCUT2D eigenvalue weighted by Gasteiger charge is 2.11. The molecular formula is C12H15ClFN3O. The summed E-state index contributed by atoms with van der Waals surface area (Å²) in [5, 5.41) is 6.37. The summed E-state index contributed by atoms with van der Waals surface area (Å²) >= 11 is 5.57. The van der Waals surface area contributed by atoms with E-state index < -0.39 is 5.82 Å². The molecule has 0 saturated carbocycles. The first-order valence-corrected chi connectivity index (χ1v) is 6.15. The van der Waals surface area contributed by atoms with Crippen molar-refractivity contribution in [3.05, 3.63) is 29.0 Å². The lowest BCUT2D eigenvalue weighted by Crippen LogP contribution is -2.39. The molecule has 0 amide bonds. The van der Waals surface area contributed by atoms with Crippen LogP contribution >= 0.6 is 11.6 Å². The summed E-state index contributed by atoms with van der Waals surface area (Å²) in [5.74, 6) is 0.777. The van der Waals surface area contributed by atoms with Gasteiger partial charge in [0.1, 0.15) is 18.2 Å². The van der Waals surface area contributed by atoms with Crippen molar-refractivity contribution in [1.82, 2.24) is 10.6 Å². The van der Waals surface area contributed by atoms with Crippen LogP contribution in [-0.2, 0) is 0 Å². The van der Waals surface area contributed by atoms with E-state index in [4.69, 9.17) is 16.3 Å². The van der Waals surface area contributed by atoms with Crippen LogP contribution in [-0.4, -0.2) is 31.7 Å². The van der Waals surface area contributed by atoms with Gasteiger partial charge in [0.25, 0.3) is 0 Å². The molecular weight excluding hydrogens is 257 g/mol. The normalized spacial score (nSPS) is 18.2. The molecule has 1 aromatic rings. The predicted octanol–water partition coefficient (Wildman–Crippen LogP) is 1.80. The Kier molecular flexibility index (Phi) is 4.25. The first kappa shape index (κ1) is 13.0. The molecule has 1 aliphatic heterocycles. The largest absolute Gasteiger partial charge is 0.492 e. The van der Waals surface area contributed by atoms with Gasteiger partial charge in [0.15, 0.2) is 5.96 Å². The highest BCUT2D eigenvalue weighted by atomic mass is 35.5. The minimum atomic E-state index is -0.474. The van der Waals surface area contributed by atoms with Gasteiger partial charge in [-0.3, -0.25) is 4.99 Å². The molecule has 1 heterocycles. The van der Waals surface area contributed by atoms with E-state index in [1.807, 2.05) is 0 Å². The second kappa shape index (κ2) is 5.91. The van der Waals surface area contributed by atoms with E-state index in [0.717, 1.165) is 12.5 Å². The predicted molar refractivity (Wildman–Crippen MR) is 69.8 cm³/mol. The van der Waals surface area contributed by atoms with Crippen molar-refractivity contribution in [3.63, 3.8) is 0 Å². The van der Waals surface area contributed by atoms with Crippen molar-refractivity contribution < 1.29 is 9.13 Å². The van der Waals surface area contributed by atoms with Crippen molar-refractivity contribution in [2.45, 2.75) is 13.0 Å². The summed E-state index contributed by atoms with van der Waals surface area (Å²) in [7, 11) is 0. The molecule has 0 saturated heterocycles. The van der Waals surface area contributed by atoms with Crippen molar-refractivity contribution in [3.8, 4) is 5.75 Å². The van der Waals surface area contributed by atoms with E-state index >= 15 is 0 Å². The maximum Gasteiger partial charge on any atom is 0.191 e. The zero-order valence-corrected chi connectivity index (χ0v) is 10.8. The number of aliphatic imine (C=N–C) groups is 1. The Bertz CT molecular complexity index is 453. The van der Waals surface area contributed by atoms with E-state index in [1.165, 1.54) is 12.1 Å². The maximum atomic E-state index is 13.1. The Hall–Kier alpha value is -1.49. The van der Waals surface area contributed by atoms with Crippen LogP contribution in [0.25, 0.3) is 0 Å². The van der Waals surface area contributed by atoms with Crippen molar-refractivity contribution >= 4 is 17.6 Å². The highest BCUT2D eigenvalue weighted by molar-refractivity contribution is 6.30. The molecule has 1 unspecified atom stereocenters. The van der Waals surface area contributed by atoms with Crippen LogP contribution in [0.4, 0.5) is 4.39 Å². The molecule has 0 spiro atoms. The lowest BCUT2D eigenvalue weighted by molar-refractivity contribution is 0.320. The minimum Gasteiger partial charge on any atom is -0.492 e. The molecule has 2 N–H and O–H groups in total. The molecule has 18 heavy (non-hydrogen) atoms. The summed E-state index contributed by atoms with van der Waals surface area (Å²) in [6.07, 6.45) is 0. The summed E-state index contributed by atoms with van der Waals surface area (Å²) < 4.78 is 18.5. The Morgan fingerprint density at radius 3 is 3.11 bits per heavy atom. The molecule has 2 rings (SSSR count). The number of benzene rings is 1. The first-order chi connectivity index (χ1) is 8.65. The van der Waals surface area contributed by atoms with Gasteiger partial charge in [0.2, 0.25) is 0 Å². The molecule has 0 fully saturated rings. The van der Waals surface area contributed by atoms with Gasteiger partial charge in [0, 0.05) is 12.1 Å². The van der Waals surface area contributed by atoms with Gasteiger partial charge in [-0.25, -0.2) is 4.39 Å². The number of nitrogens with one attached hydrogen (secondary N) is 2. The fraction of sp³-hybridized carbons (Fsp3) is 0.417. The van der Waals surface area contributed by atoms with Crippen LogP contribution in [0, 0.1) is 5.82 Å². The molecule has 0 aliphatic carbocycles. The molecule has 0 bridgehead atoms. The molecule has 4 nitrogen and oxygen atoms in total. The topological polar surface area (TPSA) is 45.7 Å². The number of hydrogen-bond donors (Lipinski definition) is 2. The third kappa shape index (κ3) is 3.50. The fourth-order valence-electron chi connectivity index (χ4n) is 1.56. The van der Waals surface area contributed by atoms with Gasteiger partial charge < -0.3 is 15.4 Å². The van der Waals surface area contributed by atoms with E-state index in [2.05, 4.69) is 22.5 Å². The second-order valence-electron chi connectivity index (χ2n) is 4.09. The first-order valence-electron chi connectivity index (χ1n) is 5.78. The van der Waals surface area contributed by atoms with Crippen molar-refractivity contribution in [2.24, 2.45) is 4.99 Å². The Labute approximate surface area is 110 Å². The monoisotopic (exact) mass is 271 g/mol. The van der Waals surface area contributed by atoms with Crippen LogP contribution in [0.15, 0.2) is 23.2 Å². The summed E-state index contributed by atoms with van der Waals surface area (Å²) in [4.78, 5) is 4.25. The molecule has 0 radical (unpaired) electrons. The molecule has 1 aromatic carbocycles. The summed E-state index contributed by atoms with van der Waals surface area (Å²) in [6.45, 7) is 3.87. The maximum absolute atomic E-state index is 13.1. The number of hydrogen-bond acceptors (Lipinski definition) is 4. The molecule has 98 valence electrons. The van der Waals surface area contributed by atoms with Crippen molar-refractivity contribution in [1.29, 1.82) is 0 Å². The molecule has 0 aromatic heterocycles. The summed E-state index contributed by atoms with van der Waals surface area (Å²) in [5.41, 5.74) is 0. The smallest absolute Gasteiger partial charge is 0.191 e. The quantitative estimate of drug-likeness (QED) is 0.821. The van der Waals surface area contributed by atoms with Crippen molar-refractivity contribution in [2.75, 3.05) is 19.7 Å². The number of rotatable bonds is 4.